The summed E-state index contributed by atoms with van der Waals surface area (Å²) in [6.45, 7) is 0. The predicted octanol–water partition coefficient (Wildman–Crippen LogP) is 2.80. The Morgan fingerprint density at radius 2 is 1.80 bits per heavy atom. The highest BCUT2D eigenvalue weighted by Gasteiger charge is 2.51. The molecule has 1 saturated carbocycles. The van der Waals surface area contributed by atoms with Crippen LogP contribution < -0.4 is 5.32 Å². The number of carbonyl (C=O) groups excluding carboxylic acids is 1. The average molecular weight is 292 g/mol. The molecule has 2 N–H and O–H groups in total. The van der Waals surface area contributed by atoms with Crippen LogP contribution in [-0.2, 0) is 9.59 Å². The van der Waals surface area contributed by atoms with Gasteiger partial charge in [0.1, 0.15) is 0 Å². The number of allylic oxidation sites excluding steroid dienone is 2. The zero-order chi connectivity index (χ0) is 14.3. The summed E-state index contributed by atoms with van der Waals surface area (Å²) in [6.07, 6.45) is 4.63. The normalized spacial score (nSPS) is 30.4. The monoisotopic (exact) mass is 291 g/mol. The van der Waals surface area contributed by atoms with E-state index in [9.17, 15) is 14.7 Å². The number of aliphatic carboxylic acids is 1. The topological polar surface area (TPSA) is 66.4 Å². The molecule has 1 aromatic carbocycles. The predicted molar refractivity (Wildman–Crippen MR) is 75.4 cm³/mol. The third-order valence-corrected chi connectivity index (χ3v) is 4.51. The highest BCUT2D eigenvalue weighted by molar-refractivity contribution is 6.33. The van der Waals surface area contributed by atoms with Crippen LogP contribution in [0, 0.1) is 23.7 Å². The number of anilines is 1. The molecule has 5 heteroatoms. The second kappa shape index (κ2) is 4.94. The average Bonchev–Trinajstić information content (AvgIpc) is 3.01. The van der Waals surface area contributed by atoms with E-state index in [0.717, 1.165) is 6.42 Å². The lowest BCUT2D eigenvalue weighted by Crippen LogP contribution is -2.36. The number of carboxylic acids is 1. The fourth-order valence-corrected chi connectivity index (χ4v) is 3.48. The maximum absolute atomic E-state index is 12.4. The highest BCUT2D eigenvalue weighted by atomic mass is 35.5. The SMILES string of the molecule is O=C(O)[C@H]1[C@H](C(=O)Nc2ccccc2Cl)[C@H]2C=C[C@H]1C2. The summed E-state index contributed by atoms with van der Waals surface area (Å²) in [6, 6.07) is 6.95. The lowest BCUT2D eigenvalue weighted by Gasteiger charge is -2.24. The summed E-state index contributed by atoms with van der Waals surface area (Å²) in [5.41, 5.74) is 0.523. The number of hydrogen-bond acceptors (Lipinski definition) is 2. The third-order valence-electron chi connectivity index (χ3n) is 4.18. The first kappa shape index (κ1) is 13.2. The first-order chi connectivity index (χ1) is 9.58. The molecular formula is C15H14ClNO3. The van der Waals surface area contributed by atoms with E-state index in [-0.39, 0.29) is 17.7 Å². The molecule has 2 aliphatic carbocycles. The summed E-state index contributed by atoms with van der Waals surface area (Å²) in [4.78, 5) is 23.8. The number of benzene rings is 1. The van der Waals surface area contributed by atoms with Crippen molar-refractivity contribution in [2.45, 2.75) is 6.42 Å². The summed E-state index contributed by atoms with van der Waals surface area (Å²) >= 11 is 6.01. The van der Waals surface area contributed by atoms with Gasteiger partial charge in [0.15, 0.2) is 0 Å². The van der Waals surface area contributed by atoms with Gasteiger partial charge in [-0.2, -0.15) is 0 Å². The summed E-state index contributed by atoms with van der Waals surface area (Å²) in [5.74, 6) is -2.32. The number of carbonyl (C=O) groups is 2. The Kier molecular flexibility index (Phi) is 3.26. The lowest BCUT2D eigenvalue weighted by atomic mass is 9.82. The maximum Gasteiger partial charge on any atom is 0.307 e. The largest absolute Gasteiger partial charge is 0.481 e. The van der Waals surface area contributed by atoms with E-state index < -0.39 is 17.8 Å². The Hall–Kier alpha value is -1.81. The van der Waals surface area contributed by atoms with Crippen molar-refractivity contribution in [2.24, 2.45) is 23.7 Å². The summed E-state index contributed by atoms with van der Waals surface area (Å²) < 4.78 is 0. The standard InChI is InChI=1S/C15H14ClNO3/c16-10-3-1-2-4-11(10)17-14(18)12-8-5-6-9(7-8)13(12)15(19)20/h1-6,8-9,12-13H,7H2,(H,17,18)(H,19,20)/t8-,9-,12+,13+/m0/s1. The molecule has 4 atom stereocenters. The molecule has 104 valence electrons. The van der Waals surface area contributed by atoms with Crippen molar-refractivity contribution in [1.82, 2.24) is 0 Å². The van der Waals surface area contributed by atoms with Crippen LogP contribution >= 0.6 is 11.6 Å². The van der Waals surface area contributed by atoms with Crippen LogP contribution in [0.5, 0.6) is 0 Å². The van der Waals surface area contributed by atoms with Crippen LogP contribution in [0.1, 0.15) is 6.42 Å². The Morgan fingerprint density at radius 3 is 2.45 bits per heavy atom. The smallest absolute Gasteiger partial charge is 0.307 e. The Bertz CT molecular complexity index is 599. The minimum Gasteiger partial charge on any atom is -0.481 e. The number of nitrogens with one attached hydrogen (secondary N) is 1. The molecule has 0 aromatic heterocycles. The van der Waals surface area contributed by atoms with E-state index in [4.69, 9.17) is 11.6 Å². The number of carboxylic acid groups (broad SMARTS) is 1. The molecule has 2 aliphatic rings. The second-order valence-electron chi connectivity index (χ2n) is 5.31. The molecular weight excluding hydrogens is 278 g/mol. The van der Waals surface area contributed by atoms with Crippen LogP contribution in [0.15, 0.2) is 36.4 Å². The van der Waals surface area contributed by atoms with Crippen molar-refractivity contribution in [2.75, 3.05) is 5.32 Å². The fourth-order valence-electron chi connectivity index (χ4n) is 3.29. The van der Waals surface area contributed by atoms with E-state index in [1.54, 1.807) is 24.3 Å². The number of para-hydroxylation sites is 1. The van der Waals surface area contributed by atoms with Gasteiger partial charge in [-0.05, 0) is 30.4 Å². The number of halogens is 1. The lowest BCUT2D eigenvalue weighted by molar-refractivity contribution is -0.146. The van der Waals surface area contributed by atoms with Gasteiger partial charge in [-0.1, -0.05) is 35.9 Å². The minimum absolute atomic E-state index is 0.0172. The molecule has 4 nitrogen and oxygen atoms in total. The van der Waals surface area contributed by atoms with Crippen molar-refractivity contribution in [3.63, 3.8) is 0 Å². The Labute approximate surface area is 121 Å². The van der Waals surface area contributed by atoms with Crippen LogP contribution in [0.4, 0.5) is 5.69 Å². The molecule has 1 amide bonds. The molecule has 0 heterocycles. The Balaban J connectivity index is 1.82. The quantitative estimate of drug-likeness (QED) is 0.842. The van der Waals surface area contributed by atoms with Gasteiger partial charge in [-0.15, -0.1) is 0 Å². The molecule has 0 unspecified atom stereocenters. The summed E-state index contributed by atoms with van der Waals surface area (Å²) in [7, 11) is 0. The number of amides is 1. The Morgan fingerprint density at radius 1 is 1.15 bits per heavy atom. The zero-order valence-corrected chi connectivity index (χ0v) is 11.4. The van der Waals surface area contributed by atoms with E-state index in [1.165, 1.54) is 0 Å². The van der Waals surface area contributed by atoms with Crippen molar-refractivity contribution in [3.05, 3.63) is 41.4 Å². The van der Waals surface area contributed by atoms with Crippen molar-refractivity contribution in [3.8, 4) is 0 Å². The molecule has 0 saturated heterocycles. The first-order valence-electron chi connectivity index (χ1n) is 6.54. The van der Waals surface area contributed by atoms with Crippen molar-refractivity contribution < 1.29 is 14.7 Å². The van der Waals surface area contributed by atoms with Crippen molar-refractivity contribution >= 4 is 29.2 Å². The van der Waals surface area contributed by atoms with E-state index >= 15 is 0 Å². The van der Waals surface area contributed by atoms with E-state index in [0.29, 0.717) is 10.7 Å². The van der Waals surface area contributed by atoms with Crippen LogP contribution in [0.25, 0.3) is 0 Å². The minimum atomic E-state index is -0.902. The van der Waals surface area contributed by atoms with Gasteiger partial charge in [0.25, 0.3) is 0 Å². The molecule has 2 bridgehead atoms. The number of fused-ring (bicyclic) bond motifs is 2. The molecule has 1 fully saturated rings. The number of rotatable bonds is 3. The molecule has 20 heavy (non-hydrogen) atoms. The van der Waals surface area contributed by atoms with E-state index in [1.807, 2.05) is 12.2 Å². The van der Waals surface area contributed by atoms with Gasteiger partial charge in [0.2, 0.25) is 5.91 Å². The van der Waals surface area contributed by atoms with Gasteiger partial charge in [-0.25, -0.2) is 0 Å². The molecule has 0 radical (unpaired) electrons. The molecule has 0 aliphatic heterocycles. The van der Waals surface area contributed by atoms with Crippen LogP contribution in [-0.4, -0.2) is 17.0 Å². The van der Waals surface area contributed by atoms with Gasteiger partial charge in [0, 0.05) is 0 Å². The maximum atomic E-state index is 12.4. The zero-order valence-electron chi connectivity index (χ0n) is 10.6. The second-order valence-corrected chi connectivity index (χ2v) is 5.71. The first-order valence-corrected chi connectivity index (χ1v) is 6.92. The van der Waals surface area contributed by atoms with Gasteiger partial charge >= 0.3 is 5.97 Å². The highest BCUT2D eigenvalue weighted by Crippen LogP contribution is 2.48. The molecule has 3 rings (SSSR count). The molecule has 1 aromatic rings. The van der Waals surface area contributed by atoms with E-state index in [2.05, 4.69) is 5.32 Å². The van der Waals surface area contributed by atoms with Gasteiger partial charge in [-0.3, -0.25) is 9.59 Å². The number of hydrogen-bond donors (Lipinski definition) is 2. The van der Waals surface area contributed by atoms with Crippen LogP contribution in [0.2, 0.25) is 5.02 Å². The van der Waals surface area contributed by atoms with Gasteiger partial charge < -0.3 is 10.4 Å². The van der Waals surface area contributed by atoms with Crippen LogP contribution in [0.3, 0.4) is 0 Å². The fraction of sp³-hybridized carbons (Fsp3) is 0.333. The third kappa shape index (κ3) is 2.10. The van der Waals surface area contributed by atoms with Gasteiger partial charge in [0.05, 0.1) is 22.5 Å². The van der Waals surface area contributed by atoms with Crippen molar-refractivity contribution in [1.29, 1.82) is 0 Å². The molecule has 0 spiro atoms. The summed E-state index contributed by atoms with van der Waals surface area (Å²) in [5, 5.41) is 12.5.